The van der Waals surface area contributed by atoms with Crippen LogP contribution >= 0.6 is 0 Å². The number of ether oxygens (including phenoxy) is 5. The summed E-state index contributed by atoms with van der Waals surface area (Å²) in [7, 11) is 0. The van der Waals surface area contributed by atoms with Crippen molar-refractivity contribution in [2.75, 3.05) is 38.1 Å². The number of anilines is 1. The van der Waals surface area contributed by atoms with E-state index in [0.717, 1.165) is 5.56 Å². The van der Waals surface area contributed by atoms with Crippen LogP contribution in [0.2, 0.25) is 0 Å². The van der Waals surface area contributed by atoms with Crippen molar-refractivity contribution in [1.29, 1.82) is 0 Å². The van der Waals surface area contributed by atoms with E-state index in [2.05, 4.69) is 5.32 Å². The van der Waals surface area contributed by atoms with Crippen molar-refractivity contribution < 1.29 is 38.1 Å². The number of amides is 2. The summed E-state index contributed by atoms with van der Waals surface area (Å²) in [5, 5.41) is 2.69. The van der Waals surface area contributed by atoms with Gasteiger partial charge in [-0.1, -0.05) is 6.07 Å². The third kappa shape index (κ3) is 4.50. The van der Waals surface area contributed by atoms with Gasteiger partial charge in [0.2, 0.25) is 12.7 Å². The average Bonchev–Trinajstić information content (AvgIpc) is 3.47. The molecule has 2 aromatic carbocycles. The predicted octanol–water partition coefficient (Wildman–Crippen LogP) is 1.40. The van der Waals surface area contributed by atoms with E-state index in [9.17, 15) is 14.4 Å². The number of benzene rings is 2. The van der Waals surface area contributed by atoms with Crippen molar-refractivity contribution in [3.63, 3.8) is 0 Å². The summed E-state index contributed by atoms with van der Waals surface area (Å²) in [5.41, 5.74) is 1.46. The Bertz CT molecular complexity index is 1100. The number of esters is 1. The Morgan fingerprint density at radius 3 is 2.58 bits per heavy atom. The van der Waals surface area contributed by atoms with Gasteiger partial charge in [-0.05, 0) is 29.8 Å². The van der Waals surface area contributed by atoms with Crippen LogP contribution < -0.4 is 29.2 Å². The van der Waals surface area contributed by atoms with E-state index in [0.29, 0.717) is 41.9 Å². The molecule has 3 aliphatic heterocycles. The first kappa shape index (κ1) is 20.9. The van der Waals surface area contributed by atoms with E-state index in [1.54, 1.807) is 30.3 Å². The fraction of sp³-hybridized carbons (Fsp3) is 0.348. The Hall–Kier alpha value is -3.95. The van der Waals surface area contributed by atoms with Gasteiger partial charge in [0.25, 0.3) is 5.91 Å². The monoisotopic (exact) mass is 454 g/mol. The zero-order valence-corrected chi connectivity index (χ0v) is 17.7. The van der Waals surface area contributed by atoms with Crippen LogP contribution in [0.1, 0.15) is 12.0 Å². The fourth-order valence-electron chi connectivity index (χ4n) is 3.87. The number of hydrogen-bond donors (Lipinski definition) is 1. The van der Waals surface area contributed by atoms with Crippen LogP contribution in [0.5, 0.6) is 23.0 Å². The van der Waals surface area contributed by atoms with Crippen molar-refractivity contribution >= 4 is 23.5 Å². The van der Waals surface area contributed by atoms with Gasteiger partial charge in [-0.3, -0.25) is 14.4 Å². The summed E-state index contributed by atoms with van der Waals surface area (Å²) in [6.07, 6.45) is 0.0199. The molecule has 2 amide bonds. The quantitative estimate of drug-likeness (QED) is 0.652. The van der Waals surface area contributed by atoms with Crippen LogP contribution in [0.4, 0.5) is 5.69 Å². The van der Waals surface area contributed by atoms with Gasteiger partial charge in [-0.2, -0.15) is 0 Å². The lowest BCUT2D eigenvalue weighted by atomic mass is 10.1. The largest absolute Gasteiger partial charge is 0.486 e. The molecule has 0 aliphatic carbocycles. The predicted molar refractivity (Wildman–Crippen MR) is 113 cm³/mol. The van der Waals surface area contributed by atoms with Gasteiger partial charge in [0.05, 0.1) is 5.92 Å². The molecule has 0 unspecified atom stereocenters. The average molecular weight is 454 g/mol. The van der Waals surface area contributed by atoms with Crippen LogP contribution in [-0.4, -0.2) is 50.9 Å². The molecule has 0 spiro atoms. The smallest absolute Gasteiger partial charge is 0.311 e. The third-order valence-electron chi connectivity index (χ3n) is 5.57. The highest BCUT2D eigenvalue weighted by Crippen LogP contribution is 2.36. The summed E-state index contributed by atoms with van der Waals surface area (Å²) in [4.78, 5) is 38.6. The second-order valence-corrected chi connectivity index (χ2v) is 7.81. The minimum absolute atomic E-state index is 0.0199. The molecule has 172 valence electrons. The van der Waals surface area contributed by atoms with E-state index in [1.165, 1.54) is 4.90 Å². The summed E-state index contributed by atoms with van der Waals surface area (Å²) >= 11 is 0. The number of carbonyl (C=O) groups is 3. The lowest BCUT2D eigenvalue weighted by Crippen LogP contribution is -2.31. The van der Waals surface area contributed by atoms with Crippen molar-refractivity contribution in [3.8, 4) is 23.0 Å². The second kappa shape index (κ2) is 8.89. The summed E-state index contributed by atoms with van der Waals surface area (Å²) in [5.74, 6) is 0.622. The number of rotatable bonds is 6. The SMILES string of the molecule is O=C(COC(=O)[C@H]1CC(=O)N(c2ccc3c(c2)OCCO3)C1)NCc1ccc2c(c1)OCO2. The number of nitrogens with zero attached hydrogens (tertiary/aromatic N) is 1. The summed E-state index contributed by atoms with van der Waals surface area (Å²) < 4.78 is 26.8. The Labute approximate surface area is 189 Å². The van der Waals surface area contributed by atoms with Crippen molar-refractivity contribution in [2.24, 2.45) is 5.92 Å². The molecule has 0 saturated carbocycles. The Morgan fingerprint density at radius 1 is 0.970 bits per heavy atom. The second-order valence-electron chi connectivity index (χ2n) is 7.81. The topological polar surface area (TPSA) is 113 Å². The van der Waals surface area contributed by atoms with Crippen LogP contribution in [-0.2, 0) is 25.7 Å². The number of carbonyl (C=O) groups excluding carboxylic acids is 3. The number of nitrogens with one attached hydrogen (secondary N) is 1. The number of fused-ring (bicyclic) bond motifs is 2. The molecule has 1 atom stereocenters. The summed E-state index contributed by atoms with van der Waals surface area (Å²) in [6, 6.07) is 10.6. The molecule has 1 saturated heterocycles. The van der Waals surface area contributed by atoms with Gasteiger partial charge in [-0.25, -0.2) is 0 Å². The zero-order valence-electron chi connectivity index (χ0n) is 17.7. The van der Waals surface area contributed by atoms with E-state index in [-0.39, 0.29) is 32.2 Å². The number of hydrogen-bond acceptors (Lipinski definition) is 8. The standard InChI is InChI=1S/C23H22N2O8/c26-21(24-10-14-1-3-18-19(7-14)33-13-32-18)12-31-23(28)15-8-22(27)25(11-15)16-2-4-17-20(9-16)30-6-5-29-17/h1-4,7,9,15H,5-6,8,10-13H2,(H,24,26)/t15-/m0/s1. The van der Waals surface area contributed by atoms with Crippen molar-refractivity contribution in [3.05, 3.63) is 42.0 Å². The van der Waals surface area contributed by atoms with E-state index in [1.807, 2.05) is 6.07 Å². The highest BCUT2D eigenvalue weighted by atomic mass is 16.7. The Morgan fingerprint density at radius 2 is 1.70 bits per heavy atom. The molecule has 1 fully saturated rings. The fourth-order valence-corrected chi connectivity index (χ4v) is 3.87. The maximum absolute atomic E-state index is 12.5. The molecule has 0 radical (unpaired) electrons. The minimum atomic E-state index is -0.646. The molecule has 10 heteroatoms. The van der Waals surface area contributed by atoms with Gasteiger partial charge in [0, 0.05) is 31.3 Å². The molecule has 2 aromatic rings. The highest BCUT2D eigenvalue weighted by Gasteiger charge is 2.36. The Kier molecular flexibility index (Phi) is 5.64. The molecular weight excluding hydrogens is 432 g/mol. The molecule has 0 bridgehead atoms. The molecule has 10 nitrogen and oxygen atoms in total. The molecule has 33 heavy (non-hydrogen) atoms. The van der Waals surface area contributed by atoms with Gasteiger partial charge in [-0.15, -0.1) is 0 Å². The molecule has 5 rings (SSSR count). The first-order chi connectivity index (χ1) is 16.1. The molecule has 3 aliphatic rings. The molecule has 3 heterocycles. The van der Waals surface area contributed by atoms with Crippen LogP contribution in [0.15, 0.2) is 36.4 Å². The third-order valence-corrected chi connectivity index (χ3v) is 5.57. The van der Waals surface area contributed by atoms with E-state index >= 15 is 0 Å². The molecular formula is C23H22N2O8. The van der Waals surface area contributed by atoms with E-state index in [4.69, 9.17) is 23.7 Å². The molecule has 1 N–H and O–H groups in total. The highest BCUT2D eigenvalue weighted by molar-refractivity contribution is 6.00. The van der Waals surface area contributed by atoms with E-state index < -0.39 is 24.4 Å². The first-order valence-electron chi connectivity index (χ1n) is 10.6. The maximum Gasteiger partial charge on any atom is 0.311 e. The van der Waals surface area contributed by atoms with Gasteiger partial charge in [0.15, 0.2) is 29.6 Å². The van der Waals surface area contributed by atoms with Crippen LogP contribution in [0.25, 0.3) is 0 Å². The van der Waals surface area contributed by atoms with Gasteiger partial charge >= 0.3 is 5.97 Å². The maximum atomic E-state index is 12.5. The van der Waals surface area contributed by atoms with Crippen molar-refractivity contribution in [1.82, 2.24) is 5.32 Å². The minimum Gasteiger partial charge on any atom is -0.486 e. The molecule has 0 aromatic heterocycles. The van der Waals surface area contributed by atoms with Crippen LogP contribution in [0.3, 0.4) is 0 Å². The van der Waals surface area contributed by atoms with Gasteiger partial charge < -0.3 is 33.9 Å². The summed E-state index contributed by atoms with van der Waals surface area (Å²) in [6.45, 7) is 1.11. The van der Waals surface area contributed by atoms with Gasteiger partial charge in [0.1, 0.15) is 13.2 Å². The lowest BCUT2D eigenvalue weighted by molar-refractivity contribution is -0.152. The van der Waals surface area contributed by atoms with Crippen LogP contribution in [0, 0.1) is 5.92 Å². The normalized spacial score (nSPS) is 18.2. The Balaban J connectivity index is 1.11. The zero-order chi connectivity index (χ0) is 22.8. The first-order valence-corrected chi connectivity index (χ1v) is 10.6. The van der Waals surface area contributed by atoms with Crippen molar-refractivity contribution in [2.45, 2.75) is 13.0 Å². The lowest BCUT2D eigenvalue weighted by Gasteiger charge is -2.22.